The van der Waals surface area contributed by atoms with Crippen LogP contribution < -0.4 is 10.2 Å². The average Bonchev–Trinajstić information content (AvgIpc) is 3.58. The van der Waals surface area contributed by atoms with Gasteiger partial charge in [-0.3, -0.25) is 9.59 Å². The molecule has 0 bridgehead atoms. The lowest BCUT2D eigenvalue weighted by atomic mass is 9.76. The smallest absolute Gasteiger partial charge is 0.359 e. The molecule has 2 saturated heterocycles. The van der Waals surface area contributed by atoms with E-state index in [-0.39, 0.29) is 29.2 Å². The highest BCUT2D eigenvalue weighted by atomic mass is 19.4. The molecule has 1 atom stereocenters. The third-order valence-electron chi connectivity index (χ3n) is 7.97. The van der Waals surface area contributed by atoms with Crippen molar-refractivity contribution in [2.45, 2.75) is 77.1 Å². The number of nitrogens with zero attached hydrogens (tertiary/aromatic N) is 3. The minimum Gasteiger partial charge on any atom is -0.359 e. The van der Waals surface area contributed by atoms with E-state index in [1.165, 1.54) is 12.1 Å². The molecule has 0 radical (unpaired) electrons. The normalized spacial score (nSPS) is 21.9. The number of benzene rings is 1. The molecule has 190 valence electrons. The molecular formula is C26H33F3N4O2. The molecule has 1 aromatic rings. The van der Waals surface area contributed by atoms with Gasteiger partial charge in [-0.2, -0.15) is 18.4 Å². The van der Waals surface area contributed by atoms with E-state index >= 15 is 0 Å². The summed E-state index contributed by atoms with van der Waals surface area (Å²) in [5.74, 6) is 0.0307. The molecule has 0 aromatic heterocycles. The number of carbonyl (C=O) groups is 2. The van der Waals surface area contributed by atoms with Gasteiger partial charge in [-0.1, -0.05) is 13.8 Å². The summed E-state index contributed by atoms with van der Waals surface area (Å²) < 4.78 is 40.9. The van der Waals surface area contributed by atoms with Crippen LogP contribution in [0, 0.1) is 22.7 Å². The predicted octanol–water partition coefficient (Wildman–Crippen LogP) is 4.48. The molecule has 2 heterocycles. The molecule has 4 rings (SSSR count). The van der Waals surface area contributed by atoms with Crippen molar-refractivity contribution in [2.24, 2.45) is 11.3 Å². The summed E-state index contributed by atoms with van der Waals surface area (Å²) in [5.41, 5.74) is -1.35. The Morgan fingerprint density at radius 1 is 1.20 bits per heavy atom. The van der Waals surface area contributed by atoms with E-state index in [0.29, 0.717) is 44.6 Å². The SMILES string of the molecule is CCC(CC)C(=O)N1CCC2(CC1)CC(C(=O)NC1CC1)N(c1ccc(C#N)c(C(F)(F)F)c1)C2. The van der Waals surface area contributed by atoms with Gasteiger partial charge in [0.15, 0.2) is 0 Å². The number of hydrogen-bond donors (Lipinski definition) is 1. The van der Waals surface area contributed by atoms with Crippen molar-refractivity contribution < 1.29 is 22.8 Å². The highest BCUT2D eigenvalue weighted by molar-refractivity contribution is 5.87. The Labute approximate surface area is 204 Å². The van der Waals surface area contributed by atoms with E-state index in [1.54, 1.807) is 11.0 Å². The second kappa shape index (κ2) is 9.71. The van der Waals surface area contributed by atoms with Crippen LogP contribution >= 0.6 is 0 Å². The molecule has 6 nitrogen and oxygen atoms in total. The molecule has 1 aliphatic carbocycles. The quantitative estimate of drug-likeness (QED) is 0.638. The zero-order valence-electron chi connectivity index (χ0n) is 20.3. The number of nitriles is 1. The summed E-state index contributed by atoms with van der Waals surface area (Å²) in [6.45, 7) is 5.68. The maximum Gasteiger partial charge on any atom is 0.417 e. The Morgan fingerprint density at radius 2 is 1.86 bits per heavy atom. The van der Waals surface area contributed by atoms with Gasteiger partial charge in [-0.25, -0.2) is 0 Å². The summed E-state index contributed by atoms with van der Waals surface area (Å²) in [6.07, 6.45) is 0.751. The zero-order chi connectivity index (χ0) is 25.4. The molecule has 3 aliphatic rings. The van der Waals surface area contributed by atoms with Gasteiger partial charge < -0.3 is 15.1 Å². The number of rotatable bonds is 6. The summed E-state index contributed by atoms with van der Waals surface area (Å²) in [5, 5.41) is 12.2. The van der Waals surface area contributed by atoms with Crippen molar-refractivity contribution in [3.63, 3.8) is 0 Å². The minimum absolute atomic E-state index is 0.0145. The van der Waals surface area contributed by atoms with Gasteiger partial charge in [-0.15, -0.1) is 0 Å². The highest BCUT2D eigenvalue weighted by Crippen LogP contribution is 2.46. The van der Waals surface area contributed by atoms with Crippen LogP contribution in [0.3, 0.4) is 0 Å². The lowest BCUT2D eigenvalue weighted by Gasteiger charge is -2.40. The molecule has 2 amide bonds. The first-order valence-electron chi connectivity index (χ1n) is 12.6. The van der Waals surface area contributed by atoms with Crippen LogP contribution in [0.2, 0.25) is 0 Å². The molecule has 35 heavy (non-hydrogen) atoms. The van der Waals surface area contributed by atoms with Crippen LogP contribution in [0.15, 0.2) is 18.2 Å². The summed E-state index contributed by atoms with van der Waals surface area (Å²) >= 11 is 0. The largest absolute Gasteiger partial charge is 0.417 e. The van der Waals surface area contributed by atoms with Crippen molar-refractivity contribution >= 4 is 17.5 Å². The summed E-state index contributed by atoms with van der Waals surface area (Å²) in [6, 6.07) is 4.89. The molecule has 1 N–H and O–H groups in total. The Hall–Kier alpha value is -2.76. The van der Waals surface area contributed by atoms with Gasteiger partial charge >= 0.3 is 6.18 Å². The van der Waals surface area contributed by atoms with Crippen LogP contribution in [0.25, 0.3) is 0 Å². The molecule has 1 saturated carbocycles. The Balaban J connectivity index is 1.58. The second-order valence-corrected chi connectivity index (χ2v) is 10.3. The van der Waals surface area contributed by atoms with Gasteiger partial charge in [0.1, 0.15) is 6.04 Å². The molecule has 1 unspecified atom stereocenters. The standard InChI is InChI=1S/C26H33F3N4O2/c1-3-17(4-2)24(35)32-11-9-25(10-12-32)14-22(23(34)31-19-6-7-19)33(16-25)20-8-5-18(15-30)21(13-20)26(27,28)29/h5,8,13,17,19,22H,3-4,6-7,9-12,14,16H2,1-2H3,(H,31,34). The number of carbonyl (C=O) groups excluding carboxylic acids is 2. The van der Waals surface area contributed by atoms with Gasteiger partial charge in [0.05, 0.1) is 17.2 Å². The first kappa shape index (κ1) is 25.3. The number of nitrogens with one attached hydrogen (secondary N) is 1. The predicted molar refractivity (Wildman–Crippen MR) is 125 cm³/mol. The Kier molecular flexibility index (Phi) is 7.03. The number of piperidine rings is 1. The third kappa shape index (κ3) is 5.26. The van der Waals surface area contributed by atoms with E-state index in [9.17, 15) is 22.8 Å². The third-order valence-corrected chi connectivity index (χ3v) is 7.97. The topological polar surface area (TPSA) is 76.4 Å². The fourth-order valence-electron chi connectivity index (χ4n) is 5.59. The molecular weight excluding hydrogens is 457 g/mol. The number of likely N-dealkylation sites (tertiary alicyclic amines) is 1. The minimum atomic E-state index is -4.66. The monoisotopic (exact) mass is 490 g/mol. The van der Waals surface area contributed by atoms with Crippen LogP contribution in [-0.2, 0) is 15.8 Å². The molecule has 1 aromatic carbocycles. The van der Waals surface area contributed by atoms with Crippen molar-refractivity contribution in [2.75, 3.05) is 24.5 Å². The van der Waals surface area contributed by atoms with Gasteiger partial charge in [0.2, 0.25) is 11.8 Å². The van der Waals surface area contributed by atoms with E-state index < -0.39 is 23.3 Å². The average molecular weight is 491 g/mol. The van der Waals surface area contributed by atoms with Crippen LogP contribution in [0.1, 0.15) is 69.9 Å². The fourth-order valence-corrected chi connectivity index (χ4v) is 5.59. The lowest BCUT2D eigenvalue weighted by molar-refractivity contribution is -0.138. The van der Waals surface area contributed by atoms with Crippen LogP contribution in [0.4, 0.5) is 18.9 Å². The van der Waals surface area contributed by atoms with E-state index in [2.05, 4.69) is 5.32 Å². The fraction of sp³-hybridized carbons (Fsp3) is 0.654. The van der Waals surface area contributed by atoms with E-state index in [4.69, 9.17) is 5.26 Å². The van der Waals surface area contributed by atoms with Crippen molar-refractivity contribution in [3.05, 3.63) is 29.3 Å². The second-order valence-electron chi connectivity index (χ2n) is 10.3. The number of amides is 2. The lowest BCUT2D eigenvalue weighted by Crippen LogP contribution is -2.46. The molecule has 1 spiro atoms. The summed E-state index contributed by atoms with van der Waals surface area (Å²) in [4.78, 5) is 29.7. The van der Waals surface area contributed by atoms with E-state index in [1.807, 2.05) is 18.7 Å². The maximum absolute atomic E-state index is 13.6. The number of alkyl halides is 3. The number of hydrogen-bond acceptors (Lipinski definition) is 4. The van der Waals surface area contributed by atoms with Gasteiger partial charge in [-0.05, 0) is 68.6 Å². The molecule has 9 heteroatoms. The Bertz CT molecular complexity index is 1000. The van der Waals surface area contributed by atoms with E-state index in [0.717, 1.165) is 31.7 Å². The zero-order valence-corrected chi connectivity index (χ0v) is 20.3. The summed E-state index contributed by atoms with van der Waals surface area (Å²) in [7, 11) is 0. The van der Waals surface area contributed by atoms with Crippen molar-refractivity contribution in [3.8, 4) is 6.07 Å². The first-order valence-corrected chi connectivity index (χ1v) is 12.6. The maximum atomic E-state index is 13.6. The first-order chi connectivity index (χ1) is 16.6. The van der Waals surface area contributed by atoms with Gasteiger partial charge in [0.25, 0.3) is 0 Å². The van der Waals surface area contributed by atoms with Crippen molar-refractivity contribution in [1.29, 1.82) is 5.26 Å². The molecule has 3 fully saturated rings. The van der Waals surface area contributed by atoms with Crippen LogP contribution in [-0.4, -0.2) is 48.4 Å². The number of halogens is 3. The highest BCUT2D eigenvalue weighted by Gasteiger charge is 2.49. The van der Waals surface area contributed by atoms with Crippen LogP contribution in [0.5, 0.6) is 0 Å². The van der Waals surface area contributed by atoms with Crippen molar-refractivity contribution in [1.82, 2.24) is 10.2 Å². The number of anilines is 1. The molecule has 2 aliphatic heterocycles. The Morgan fingerprint density at radius 3 is 2.40 bits per heavy atom. The van der Waals surface area contributed by atoms with Gasteiger partial charge in [0, 0.05) is 37.3 Å².